The SMILES string of the molecule is Cc1ccc(N2CC(C(=O)N3CCCC(Oc4ccnc(C(N)=O)c4)C3)CC2=O)cc1. The number of pyridine rings is 1. The Morgan fingerprint density at radius 2 is 1.94 bits per heavy atom. The third kappa shape index (κ3) is 4.68. The number of benzene rings is 1. The smallest absolute Gasteiger partial charge is 0.267 e. The highest BCUT2D eigenvalue weighted by Crippen LogP contribution is 2.28. The summed E-state index contributed by atoms with van der Waals surface area (Å²) in [5.74, 6) is -0.499. The number of carbonyl (C=O) groups is 3. The molecule has 8 nitrogen and oxygen atoms in total. The zero-order valence-electron chi connectivity index (χ0n) is 17.5. The quantitative estimate of drug-likeness (QED) is 0.792. The molecule has 162 valence electrons. The Labute approximate surface area is 181 Å². The Balaban J connectivity index is 1.38. The zero-order chi connectivity index (χ0) is 22.0. The maximum Gasteiger partial charge on any atom is 0.267 e. The van der Waals surface area contributed by atoms with Gasteiger partial charge in [0.25, 0.3) is 5.91 Å². The van der Waals surface area contributed by atoms with Gasteiger partial charge in [0.05, 0.1) is 12.5 Å². The number of carbonyl (C=O) groups excluding carboxylic acids is 3. The van der Waals surface area contributed by atoms with Crippen molar-refractivity contribution in [3.8, 4) is 5.75 Å². The number of anilines is 1. The Bertz CT molecular complexity index is 991. The van der Waals surface area contributed by atoms with Gasteiger partial charge < -0.3 is 20.3 Å². The van der Waals surface area contributed by atoms with Crippen LogP contribution in [0.15, 0.2) is 42.6 Å². The van der Waals surface area contributed by atoms with Crippen molar-refractivity contribution in [1.82, 2.24) is 9.88 Å². The predicted octanol–water partition coefficient (Wildman–Crippen LogP) is 1.91. The summed E-state index contributed by atoms with van der Waals surface area (Å²) in [6.07, 6.45) is 3.13. The van der Waals surface area contributed by atoms with Crippen LogP contribution in [0, 0.1) is 12.8 Å². The highest BCUT2D eigenvalue weighted by molar-refractivity contribution is 6.00. The summed E-state index contributed by atoms with van der Waals surface area (Å²) in [5, 5.41) is 0. The average Bonchev–Trinajstić information content (AvgIpc) is 3.15. The molecule has 0 spiro atoms. The van der Waals surface area contributed by atoms with Crippen molar-refractivity contribution in [2.45, 2.75) is 32.3 Å². The number of hydrogen-bond acceptors (Lipinski definition) is 5. The van der Waals surface area contributed by atoms with Gasteiger partial charge in [-0.1, -0.05) is 17.7 Å². The van der Waals surface area contributed by atoms with E-state index in [0.29, 0.717) is 25.4 Å². The maximum absolute atomic E-state index is 13.1. The van der Waals surface area contributed by atoms with Crippen LogP contribution in [0.4, 0.5) is 5.69 Å². The van der Waals surface area contributed by atoms with Crippen LogP contribution < -0.4 is 15.4 Å². The van der Waals surface area contributed by atoms with Gasteiger partial charge in [-0.2, -0.15) is 0 Å². The number of primary amides is 1. The minimum Gasteiger partial charge on any atom is -0.488 e. The van der Waals surface area contributed by atoms with Gasteiger partial charge in [0.2, 0.25) is 11.8 Å². The summed E-state index contributed by atoms with van der Waals surface area (Å²) < 4.78 is 5.99. The first-order valence-electron chi connectivity index (χ1n) is 10.5. The molecule has 8 heteroatoms. The molecule has 2 aliphatic rings. The summed E-state index contributed by atoms with van der Waals surface area (Å²) >= 11 is 0. The third-order valence-corrected chi connectivity index (χ3v) is 5.80. The lowest BCUT2D eigenvalue weighted by molar-refractivity contribution is -0.138. The van der Waals surface area contributed by atoms with Crippen molar-refractivity contribution in [3.63, 3.8) is 0 Å². The molecule has 1 aromatic carbocycles. The van der Waals surface area contributed by atoms with Gasteiger partial charge in [0.15, 0.2) is 0 Å². The van der Waals surface area contributed by atoms with Crippen molar-refractivity contribution in [2.75, 3.05) is 24.5 Å². The largest absolute Gasteiger partial charge is 0.488 e. The van der Waals surface area contributed by atoms with E-state index in [9.17, 15) is 14.4 Å². The maximum atomic E-state index is 13.1. The third-order valence-electron chi connectivity index (χ3n) is 5.80. The first-order valence-corrected chi connectivity index (χ1v) is 10.5. The summed E-state index contributed by atoms with van der Waals surface area (Å²) in [6, 6.07) is 10.9. The first kappa shape index (κ1) is 20.8. The number of aromatic nitrogens is 1. The van der Waals surface area contributed by atoms with Crippen molar-refractivity contribution in [3.05, 3.63) is 53.9 Å². The van der Waals surface area contributed by atoms with E-state index >= 15 is 0 Å². The number of nitrogens with two attached hydrogens (primary N) is 1. The molecular formula is C23H26N4O4. The van der Waals surface area contributed by atoms with Crippen LogP contribution in [0.3, 0.4) is 0 Å². The summed E-state index contributed by atoms with van der Waals surface area (Å²) in [6.45, 7) is 3.49. The molecule has 2 fully saturated rings. The molecule has 2 aliphatic heterocycles. The van der Waals surface area contributed by atoms with E-state index in [-0.39, 0.29) is 36.0 Å². The highest BCUT2D eigenvalue weighted by Gasteiger charge is 2.38. The average molecular weight is 422 g/mol. The fourth-order valence-corrected chi connectivity index (χ4v) is 4.15. The van der Waals surface area contributed by atoms with E-state index in [2.05, 4.69) is 4.98 Å². The van der Waals surface area contributed by atoms with E-state index in [1.54, 1.807) is 15.9 Å². The lowest BCUT2D eigenvalue weighted by Gasteiger charge is -2.34. The van der Waals surface area contributed by atoms with Gasteiger partial charge in [0.1, 0.15) is 17.5 Å². The number of amides is 3. The van der Waals surface area contributed by atoms with Crippen molar-refractivity contribution in [1.29, 1.82) is 0 Å². The molecule has 1 aromatic heterocycles. The summed E-state index contributed by atoms with van der Waals surface area (Å²) in [7, 11) is 0. The second kappa shape index (κ2) is 8.75. The van der Waals surface area contributed by atoms with Crippen LogP contribution in [-0.2, 0) is 9.59 Å². The van der Waals surface area contributed by atoms with Crippen LogP contribution in [0.5, 0.6) is 5.75 Å². The Hall–Kier alpha value is -3.42. The van der Waals surface area contributed by atoms with Gasteiger partial charge in [-0.15, -0.1) is 0 Å². The molecule has 2 saturated heterocycles. The number of piperidine rings is 1. The second-order valence-corrected chi connectivity index (χ2v) is 8.15. The Kier molecular flexibility index (Phi) is 5.88. The van der Waals surface area contributed by atoms with Crippen LogP contribution >= 0.6 is 0 Å². The number of hydrogen-bond donors (Lipinski definition) is 1. The lowest BCUT2D eigenvalue weighted by Crippen LogP contribution is -2.47. The van der Waals surface area contributed by atoms with Gasteiger partial charge in [-0.3, -0.25) is 19.4 Å². The van der Waals surface area contributed by atoms with Crippen LogP contribution in [0.25, 0.3) is 0 Å². The Morgan fingerprint density at radius 3 is 2.68 bits per heavy atom. The van der Waals surface area contributed by atoms with Crippen LogP contribution in [-0.4, -0.2) is 53.3 Å². The normalized spacial score (nSPS) is 21.3. The minimum absolute atomic E-state index is 0.0104. The number of ether oxygens (including phenoxy) is 1. The molecule has 2 aromatic rings. The predicted molar refractivity (Wildman–Crippen MR) is 115 cm³/mol. The summed E-state index contributed by atoms with van der Waals surface area (Å²) in [4.78, 5) is 44.4. The van der Waals surface area contributed by atoms with E-state index in [1.807, 2.05) is 31.2 Å². The van der Waals surface area contributed by atoms with Crippen molar-refractivity contribution < 1.29 is 19.1 Å². The molecule has 0 aliphatic carbocycles. The monoisotopic (exact) mass is 422 g/mol. The van der Waals surface area contributed by atoms with Gasteiger partial charge in [-0.05, 0) is 38.0 Å². The molecule has 31 heavy (non-hydrogen) atoms. The lowest BCUT2D eigenvalue weighted by atomic mass is 10.0. The molecule has 4 rings (SSSR count). The highest BCUT2D eigenvalue weighted by atomic mass is 16.5. The molecule has 0 bridgehead atoms. The molecule has 2 unspecified atom stereocenters. The number of rotatable bonds is 5. The first-order chi connectivity index (χ1) is 14.9. The fraction of sp³-hybridized carbons (Fsp3) is 0.391. The van der Waals surface area contributed by atoms with Crippen LogP contribution in [0.1, 0.15) is 35.3 Å². The minimum atomic E-state index is -0.616. The standard InChI is InChI=1S/C23H26N4O4/c1-15-4-6-17(7-5-15)27-13-16(11-21(27)28)23(30)26-10-2-3-19(14-26)31-18-8-9-25-20(12-18)22(24)29/h4-9,12,16,19H,2-3,10-11,13-14H2,1H3,(H2,24,29). The molecule has 0 saturated carbocycles. The Morgan fingerprint density at radius 1 is 1.16 bits per heavy atom. The number of nitrogens with zero attached hydrogens (tertiary/aromatic N) is 3. The van der Waals surface area contributed by atoms with Crippen molar-refractivity contribution >= 4 is 23.4 Å². The van der Waals surface area contributed by atoms with Gasteiger partial charge in [0, 0.05) is 37.5 Å². The molecule has 2 atom stereocenters. The number of aryl methyl sites for hydroxylation is 1. The topological polar surface area (TPSA) is 106 Å². The van der Waals surface area contributed by atoms with E-state index in [4.69, 9.17) is 10.5 Å². The molecule has 3 heterocycles. The van der Waals surface area contributed by atoms with Gasteiger partial charge in [-0.25, -0.2) is 0 Å². The molecule has 0 radical (unpaired) electrons. The van der Waals surface area contributed by atoms with E-state index in [1.165, 1.54) is 12.3 Å². The van der Waals surface area contributed by atoms with E-state index in [0.717, 1.165) is 24.1 Å². The molecular weight excluding hydrogens is 396 g/mol. The van der Waals surface area contributed by atoms with Crippen molar-refractivity contribution in [2.24, 2.45) is 11.7 Å². The zero-order valence-corrected chi connectivity index (χ0v) is 17.5. The van der Waals surface area contributed by atoms with Gasteiger partial charge >= 0.3 is 0 Å². The molecule has 3 amide bonds. The summed E-state index contributed by atoms with van der Waals surface area (Å²) in [5.41, 5.74) is 7.37. The second-order valence-electron chi connectivity index (χ2n) is 8.15. The number of likely N-dealkylation sites (tertiary alicyclic amines) is 1. The van der Waals surface area contributed by atoms with Crippen LogP contribution in [0.2, 0.25) is 0 Å². The fourth-order valence-electron chi connectivity index (χ4n) is 4.15. The molecule has 2 N–H and O–H groups in total. The van der Waals surface area contributed by atoms with E-state index < -0.39 is 5.91 Å².